The van der Waals surface area contributed by atoms with E-state index in [1.54, 1.807) is 4.90 Å². The number of hydrogen-bond acceptors (Lipinski definition) is 3. The Morgan fingerprint density at radius 3 is 2.52 bits per heavy atom. The average Bonchev–Trinajstić information content (AvgIpc) is 2.44. The smallest absolute Gasteiger partial charge is 0.314 e. The predicted octanol–water partition coefficient (Wildman–Crippen LogP) is 2.70. The molecule has 7 heteroatoms. The largest absolute Gasteiger partial charge is 0.416 e. The van der Waals surface area contributed by atoms with Crippen molar-refractivity contribution in [1.29, 1.82) is 5.26 Å². The lowest BCUT2D eigenvalue weighted by molar-refractivity contribution is -0.138. The van der Waals surface area contributed by atoms with Crippen molar-refractivity contribution in [1.82, 2.24) is 10.2 Å². The van der Waals surface area contributed by atoms with Gasteiger partial charge in [-0.15, -0.1) is 0 Å². The van der Waals surface area contributed by atoms with Crippen LogP contribution < -0.4 is 5.32 Å². The minimum absolute atomic E-state index is 0.105. The van der Waals surface area contributed by atoms with Gasteiger partial charge < -0.3 is 5.32 Å². The van der Waals surface area contributed by atoms with Crippen LogP contribution in [0.15, 0.2) is 18.2 Å². The standard InChI is InChI=1S/C14H15F4N3/c15-10-1-2-12(14(16,17)18)11(9-10)13(3-4-19)21-7-5-20-6-8-21/h1-2,9,13,20H,3,5-8H2/t13-/m0/s1. The number of alkyl halides is 3. The van der Waals surface area contributed by atoms with Crippen LogP contribution in [0.1, 0.15) is 23.6 Å². The summed E-state index contributed by atoms with van der Waals surface area (Å²) in [5.74, 6) is -0.726. The molecule has 0 radical (unpaired) electrons. The molecule has 0 aliphatic carbocycles. The van der Waals surface area contributed by atoms with Gasteiger partial charge in [0.25, 0.3) is 0 Å². The van der Waals surface area contributed by atoms with Crippen molar-refractivity contribution in [3.63, 3.8) is 0 Å². The van der Waals surface area contributed by atoms with Crippen molar-refractivity contribution in [2.75, 3.05) is 26.2 Å². The van der Waals surface area contributed by atoms with E-state index < -0.39 is 23.6 Å². The van der Waals surface area contributed by atoms with E-state index in [9.17, 15) is 17.6 Å². The van der Waals surface area contributed by atoms with Crippen LogP contribution in [0.4, 0.5) is 17.6 Å². The van der Waals surface area contributed by atoms with E-state index in [4.69, 9.17) is 5.26 Å². The maximum atomic E-state index is 13.4. The van der Waals surface area contributed by atoms with Crippen molar-refractivity contribution in [3.05, 3.63) is 35.1 Å². The Morgan fingerprint density at radius 1 is 1.29 bits per heavy atom. The van der Waals surface area contributed by atoms with Gasteiger partial charge in [0.2, 0.25) is 0 Å². The molecule has 21 heavy (non-hydrogen) atoms. The molecule has 1 N–H and O–H groups in total. The van der Waals surface area contributed by atoms with Crippen LogP contribution in [-0.4, -0.2) is 31.1 Å². The third kappa shape index (κ3) is 3.71. The number of nitrogens with one attached hydrogen (secondary N) is 1. The van der Waals surface area contributed by atoms with Gasteiger partial charge >= 0.3 is 6.18 Å². The van der Waals surface area contributed by atoms with Crippen LogP contribution in [0.3, 0.4) is 0 Å². The minimum Gasteiger partial charge on any atom is -0.314 e. The molecular weight excluding hydrogens is 286 g/mol. The fraction of sp³-hybridized carbons (Fsp3) is 0.500. The molecule has 0 bridgehead atoms. The van der Waals surface area contributed by atoms with Crippen LogP contribution >= 0.6 is 0 Å². The van der Waals surface area contributed by atoms with E-state index in [-0.39, 0.29) is 12.0 Å². The fourth-order valence-corrected chi connectivity index (χ4v) is 2.58. The average molecular weight is 301 g/mol. The Kier molecular flexibility index (Phi) is 4.80. The number of hydrogen-bond donors (Lipinski definition) is 1. The molecule has 1 atom stereocenters. The predicted molar refractivity (Wildman–Crippen MR) is 68.8 cm³/mol. The lowest BCUT2D eigenvalue weighted by Gasteiger charge is -2.35. The molecular formula is C14H15F4N3. The lowest BCUT2D eigenvalue weighted by atomic mass is 9.95. The molecule has 0 amide bonds. The summed E-state index contributed by atoms with van der Waals surface area (Å²) in [6.45, 7) is 2.33. The van der Waals surface area contributed by atoms with E-state index in [0.717, 1.165) is 18.2 Å². The number of nitriles is 1. The molecule has 1 aliphatic heterocycles. The second-order valence-corrected chi connectivity index (χ2v) is 4.89. The Labute approximate surface area is 120 Å². The Hall–Kier alpha value is -1.65. The van der Waals surface area contributed by atoms with E-state index in [2.05, 4.69) is 5.32 Å². The molecule has 0 aromatic heterocycles. The van der Waals surface area contributed by atoms with Crippen LogP contribution in [0.2, 0.25) is 0 Å². The van der Waals surface area contributed by atoms with E-state index >= 15 is 0 Å². The monoisotopic (exact) mass is 301 g/mol. The Bertz CT molecular complexity index is 530. The quantitative estimate of drug-likeness (QED) is 0.873. The molecule has 114 valence electrons. The van der Waals surface area contributed by atoms with Gasteiger partial charge in [-0.2, -0.15) is 18.4 Å². The Morgan fingerprint density at radius 2 is 1.95 bits per heavy atom. The summed E-state index contributed by atoms with van der Waals surface area (Å²) >= 11 is 0. The third-order valence-electron chi connectivity index (χ3n) is 3.56. The second-order valence-electron chi connectivity index (χ2n) is 4.89. The summed E-state index contributed by atoms with van der Waals surface area (Å²) < 4.78 is 52.8. The van der Waals surface area contributed by atoms with Crippen LogP contribution in [0.5, 0.6) is 0 Å². The van der Waals surface area contributed by atoms with Gasteiger partial charge in [-0.3, -0.25) is 4.90 Å². The van der Waals surface area contributed by atoms with Gasteiger partial charge in [0.1, 0.15) is 5.82 Å². The minimum atomic E-state index is -4.56. The van der Waals surface area contributed by atoms with Gasteiger partial charge in [-0.05, 0) is 23.8 Å². The van der Waals surface area contributed by atoms with E-state index in [0.29, 0.717) is 26.2 Å². The molecule has 3 nitrogen and oxygen atoms in total. The molecule has 1 saturated heterocycles. The highest BCUT2D eigenvalue weighted by Gasteiger charge is 2.37. The van der Waals surface area contributed by atoms with Crippen molar-refractivity contribution < 1.29 is 17.6 Å². The summed E-state index contributed by atoms with van der Waals surface area (Å²) in [7, 11) is 0. The third-order valence-corrected chi connectivity index (χ3v) is 3.56. The normalized spacial score (nSPS) is 18.2. The number of piperazine rings is 1. The molecule has 1 aromatic rings. The number of nitrogens with zero attached hydrogens (tertiary/aromatic N) is 2. The summed E-state index contributed by atoms with van der Waals surface area (Å²) in [6.07, 6.45) is -4.67. The zero-order valence-electron chi connectivity index (χ0n) is 11.3. The second kappa shape index (κ2) is 6.41. The van der Waals surface area contributed by atoms with Crippen LogP contribution in [-0.2, 0) is 6.18 Å². The molecule has 0 spiro atoms. The first-order chi connectivity index (χ1) is 9.93. The lowest BCUT2D eigenvalue weighted by Crippen LogP contribution is -2.45. The highest BCUT2D eigenvalue weighted by Crippen LogP contribution is 2.37. The Balaban J connectivity index is 2.43. The summed E-state index contributed by atoms with van der Waals surface area (Å²) in [5, 5.41) is 12.0. The van der Waals surface area contributed by atoms with Gasteiger partial charge in [-0.1, -0.05) is 0 Å². The van der Waals surface area contributed by atoms with Gasteiger partial charge in [-0.25, -0.2) is 4.39 Å². The molecule has 2 rings (SSSR count). The number of rotatable bonds is 3. The zero-order valence-corrected chi connectivity index (χ0v) is 11.3. The number of benzene rings is 1. The maximum absolute atomic E-state index is 13.4. The fourth-order valence-electron chi connectivity index (χ4n) is 2.58. The van der Waals surface area contributed by atoms with Gasteiger partial charge in [0.05, 0.1) is 18.1 Å². The summed E-state index contributed by atoms with van der Waals surface area (Å²) in [6, 6.07) is 3.61. The molecule has 1 aliphatic rings. The van der Waals surface area contributed by atoms with E-state index in [1.807, 2.05) is 6.07 Å². The molecule has 0 saturated carbocycles. The summed E-state index contributed by atoms with van der Waals surface area (Å²) in [4.78, 5) is 1.80. The van der Waals surface area contributed by atoms with Crippen molar-refractivity contribution in [2.45, 2.75) is 18.6 Å². The first kappa shape index (κ1) is 15.7. The highest BCUT2D eigenvalue weighted by atomic mass is 19.4. The van der Waals surface area contributed by atoms with Crippen LogP contribution in [0, 0.1) is 17.1 Å². The van der Waals surface area contributed by atoms with Crippen LogP contribution in [0.25, 0.3) is 0 Å². The summed E-state index contributed by atoms with van der Waals surface area (Å²) in [5.41, 5.74) is -1.03. The van der Waals surface area contributed by atoms with Crippen molar-refractivity contribution >= 4 is 0 Å². The van der Waals surface area contributed by atoms with Gasteiger partial charge in [0.15, 0.2) is 0 Å². The zero-order chi connectivity index (χ0) is 15.5. The van der Waals surface area contributed by atoms with E-state index in [1.165, 1.54) is 0 Å². The van der Waals surface area contributed by atoms with Crippen molar-refractivity contribution in [3.8, 4) is 6.07 Å². The highest BCUT2D eigenvalue weighted by molar-refractivity contribution is 5.34. The molecule has 1 heterocycles. The topological polar surface area (TPSA) is 39.1 Å². The number of halogens is 4. The molecule has 0 unspecified atom stereocenters. The SMILES string of the molecule is N#CC[C@@H](c1cc(F)ccc1C(F)(F)F)N1CCNCC1. The van der Waals surface area contributed by atoms with Crippen molar-refractivity contribution in [2.24, 2.45) is 0 Å². The maximum Gasteiger partial charge on any atom is 0.416 e. The first-order valence-corrected chi connectivity index (χ1v) is 6.62. The van der Waals surface area contributed by atoms with Gasteiger partial charge in [0, 0.05) is 32.2 Å². The molecule has 1 aromatic carbocycles. The first-order valence-electron chi connectivity index (χ1n) is 6.62. The molecule has 1 fully saturated rings.